The predicted molar refractivity (Wildman–Crippen MR) is 121 cm³/mol. The highest BCUT2D eigenvalue weighted by Crippen LogP contribution is 2.33. The van der Waals surface area contributed by atoms with Gasteiger partial charge in [-0.05, 0) is 19.3 Å². The van der Waals surface area contributed by atoms with Gasteiger partial charge in [0.2, 0.25) is 5.91 Å². The summed E-state index contributed by atoms with van der Waals surface area (Å²) in [6.07, 6.45) is 7.82. The minimum atomic E-state index is 0. The second kappa shape index (κ2) is 13.5. The number of aliphatic imine (C=N–C) groups is 1. The molecule has 2 rings (SSSR count). The lowest BCUT2D eigenvalue weighted by Gasteiger charge is -2.48. The molecule has 0 atom stereocenters. The molecule has 158 valence electrons. The molecule has 1 saturated heterocycles. The van der Waals surface area contributed by atoms with Crippen LogP contribution in [0, 0.1) is 0 Å². The molecule has 27 heavy (non-hydrogen) atoms. The van der Waals surface area contributed by atoms with E-state index in [1.807, 2.05) is 0 Å². The van der Waals surface area contributed by atoms with Gasteiger partial charge in [-0.3, -0.25) is 14.7 Å². The van der Waals surface area contributed by atoms with Gasteiger partial charge in [0, 0.05) is 51.7 Å². The van der Waals surface area contributed by atoms with Gasteiger partial charge >= 0.3 is 0 Å². The third-order valence-corrected chi connectivity index (χ3v) is 5.49. The fraction of sp³-hybridized carbons (Fsp3) is 0.895. The largest absolute Gasteiger partial charge is 0.379 e. The molecule has 1 aliphatic heterocycles. The molecule has 0 bridgehead atoms. The Labute approximate surface area is 181 Å². The van der Waals surface area contributed by atoms with E-state index in [9.17, 15) is 4.79 Å². The van der Waals surface area contributed by atoms with Crippen LogP contribution < -0.4 is 16.0 Å². The van der Waals surface area contributed by atoms with Crippen molar-refractivity contribution in [1.29, 1.82) is 0 Å². The predicted octanol–water partition coefficient (Wildman–Crippen LogP) is 1.72. The molecule has 1 aliphatic carbocycles. The fourth-order valence-corrected chi connectivity index (χ4v) is 3.97. The first-order chi connectivity index (χ1) is 12.7. The number of hydrogen-bond acceptors (Lipinski definition) is 4. The third kappa shape index (κ3) is 8.11. The lowest BCUT2D eigenvalue weighted by atomic mass is 9.80. The standard InChI is InChI=1S/C19H37N5O2.HI/c1-3-10-21-17(25)7-11-22-18(20-2)23-16-19(8-5-4-6-9-19)24-12-14-26-15-13-24;/h3-16H2,1-2H3,(H,21,25)(H2,20,22,23);1H. The van der Waals surface area contributed by atoms with Gasteiger partial charge in [0.25, 0.3) is 0 Å². The van der Waals surface area contributed by atoms with E-state index in [4.69, 9.17) is 4.74 Å². The average molecular weight is 495 g/mol. The number of rotatable bonds is 8. The molecule has 0 spiro atoms. The number of nitrogens with one attached hydrogen (secondary N) is 3. The Bertz CT molecular complexity index is 449. The summed E-state index contributed by atoms with van der Waals surface area (Å²) in [5.41, 5.74) is 0.206. The van der Waals surface area contributed by atoms with Crippen molar-refractivity contribution >= 4 is 35.8 Å². The molecule has 1 heterocycles. The van der Waals surface area contributed by atoms with Crippen molar-refractivity contribution in [1.82, 2.24) is 20.9 Å². The molecular weight excluding hydrogens is 457 g/mol. The Kier molecular flexibility index (Phi) is 12.3. The van der Waals surface area contributed by atoms with Crippen molar-refractivity contribution in [2.45, 2.75) is 57.4 Å². The zero-order chi connectivity index (χ0) is 18.7. The number of hydrogen-bond donors (Lipinski definition) is 3. The highest BCUT2D eigenvalue weighted by atomic mass is 127. The van der Waals surface area contributed by atoms with Crippen molar-refractivity contribution in [3.63, 3.8) is 0 Å². The first-order valence-corrected chi connectivity index (χ1v) is 10.2. The summed E-state index contributed by atoms with van der Waals surface area (Å²) in [6.45, 7) is 8.00. The van der Waals surface area contributed by atoms with Gasteiger partial charge in [0.15, 0.2) is 5.96 Å². The zero-order valence-electron chi connectivity index (χ0n) is 17.0. The quantitative estimate of drug-likeness (QED) is 0.272. The first-order valence-electron chi connectivity index (χ1n) is 10.2. The Hall–Kier alpha value is -0.610. The maximum atomic E-state index is 11.7. The molecule has 0 aromatic heterocycles. The summed E-state index contributed by atoms with van der Waals surface area (Å²) < 4.78 is 5.55. The van der Waals surface area contributed by atoms with Crippen LogP contribution in [0.1, 0.15) is 51.9 Å². The van der Waals surface area contributed by atoms with Gasteiger partial charge in [-0.1, -0.05) is 26.2 Å². The van der Waals surface area contributed by atoms with Crippen LogP contribution in [0.3, 0.4) is 0 Å². The van der Waals surface area contributed by atoms with Crippen molar-refractivity contribution in [2.75, 3.05) is 53.0 Å². The maximum absolute atomic E-state index is 11.7. The van der Waals surface area contributed by atoms with Crippen molar-refractivity contribution in [2.24, 2.45) is 4.99 Å². The topological polar surface area (TPSA) is 78.0 Å². The molecule has 3 N–H and O–H groups in total. The van der Waals surface area contributed by atoms with Gasteiger partial charge in [0.1, 0.15) is 0 Å². The fourth-order valence-electron chi connectivity index (χ4n) is 3.97. The Morgan fingerprint density at radius 3 is 2.41 bits per heavy atom. The molecule has 2 fully saturated rings. The SMILES string of the molecule is CCCNC(=O)CCNC(=NC)NCC1(N2CCOCC2)CCCCC1.I. The normalized spacial score (nSPS) is 20.4. The van der Waals surface area contributed by atoms with Crippen LogP contribution in [0.15, 0.2) is 4.99 Å². The van der Waals surface area contributed by atoms with Gasteiger partial charge < -0.3 is 20.7 Å². The molecule has 0 unspecified atom stereocenters. The Morgan fingerprint density at radius 2 is 1.78 bits per heavy atom. The minimum Gasteiger partial charge on any atom is -0.379 e. The molecule has 8 heteroatoms. The number of amides is 1. The van der Waals surface area contributed by atoms with E-state index in [1.165, 1.54) is 32.1 Å². The lowest BCUT2D eigenvalue weighted by molar-refractivity contribution is -0.120. The number of ether oxygens (including phenoxy) is 1. The van der Waals surface area contributed by atoms with Crippen LogP contribution in [0.25, 0.3) is 0 Å². The summed E-state index contributed by atoms with van der Waals surface area (Å²) in [4.78, 5) is 18.7. The third-order valence-electron chi connectivity index (χ3n) is 5.49. The molecule has 0 aromatic rings. The van der Waals surface area contributed by atoms with Gasteiger partial charge in [-0.15, -0.1) is 24.0 Å². The van der Waals surface area contributed by atoms with Crippen LogP contribution >= 0.6 is 24.0 Å². The number of guanidine groups is 1. The van der Waals surface area contributed by atoms with Gasteiger partial charge in [-0.25, -0.2) is 0 Å². The van der Waals surface area contributed by atoms with Crippen LogP contribution in [-0.2, 0) is 9.53 Å². The van der Waals surface area contributed by atoms with E-state index in [1.54, 1.807) is 7.05 Å². The minimum absolute atomic E-state index is 0. The van der Waals surface area contributed by atoms with Crippen molar-refractivity contribution < 1.29 is 9.53 Å². The number of morpholine rings is 1. The molecule has 0 aromatic carbocycles. The maximum Gasteiger partial charge on any atom is 0.221 e. The molecule has 0 radical (unpaired) electrons. The van der Waals surface area contributed by atoms with Crippen LogP contribution in [-0.4, -0.2) is 75.3 Å². The number of nitrogens with zero attached hydrogens (tertiary/aromatic N) is 2. The van der Waals surface area contributed by atoms with E-state index in [-0.39, 0.29) is 35.4 Å². The van der Waals surface area contributed by atoms with Crippen molar-refractivity contribution in [3.05, 3.63) is 0 Å². The summed E-state index contributed by atoms with van der Waals surface area (Å²) in [5, 5.41) is 9.69. The van der Waals surface area contributed by atoms with E-state index in [2.05, 4.69) is 32.8 Å². The zero-order valence-corrected chi connectivity index (χ0v) is 19.3. The molecular formula is C19H38IN5O2. The number of carbonyl (C=O) groups excluding carboxylic acids is 1. The summed E-state index contributed by atoms with van der Waals surface area (Å²) >= 11 is 0. The van der Waals surface area contributed by atoms with Crippen LogP contribution in [0.4, 0.5) is 0 Å². The van der Waals surface area contributed by atoms with Crippen LogP contribution in [0.2, 0.25) is 0 Å². The van der Waals surface area contributed by atoms with E-state index in [0.29, 0.717) is 13.0 Å². The highest BCUT2D eigenvalue weighted by Gasteiger charge is 2.38. The summed E-state index contributed by atoms with van der Waals surface area (Å²) in [6, 6.07) is 0. The first kappa shape index (κ1) is 24.4. The second-order valence-corrected chi connectivity index (χ2v) is 7.34. The summed E-state index contributed by atoms with van der Waals surface area (Å²) in [7, 11) is 1.79. The number of carbonyl (C=O) groups is 1. The molecule has 2 aliphatic rings. The van der Waals surface area contributed by atoms with E-state index in [0.717, 1.165) is 51.8 Å². The molecule has 7 nitrogen and oxygen atoms in total. The smallest absolute Gasteiger partial charge is 0.221 e. The second-order valence-electron chi connectivity index (χ2n) is 7.34. The van der Waals surface area contributed by atoms with E-state index < -0.39 is 0 Å². The average Bonchev–Trinajstić information content (AvgIpc) is 2.70. The monoisotopic (exact) mass is 495 g/mol. The van der Waals surface area contributed by atoms with E-state index >= 15 is 0 Å². The highest BCUT2D eigenvalue weighted by molar-refractivity contribution is 14.0. The van der Waals surface area contributed by atoms with Gasteiger partial charge in [0.05, 0.1) is 13.2 Å². The summed E-state index contributed by atoms with van der Waals surface area (Å²) in [5.74, 6) is 0.873. The van der Waals surface area contributed by atoms with Crippen LogP contribution in [0.5, 0.6) is 0 Å². The lowest BCUT2D eigenvalue weighted by Crippen LogP contribution is -2.60. The molecule has 1 saturated carbocycles. The van der Waals surface area contributed by atoms with Gasteiger partial charge in [-0.2, -0.15) is 0 Å². The Balaban J connectivity index is 0.00000364. The Morgan fingerprint density at radius 1 is 1.07 bits per heavy atom. The van der Waals surface area contributed by atoms with Crippen molar-refractivity contribution in [3.8, 4) is 0 Å². The molecule has 1 amide bonds. The number of halogens is 1.